The van der Waals surface area contributed by atoms with Crippen LogP contribution in [0.15, 0.2) is 36.4 Å². The first-order chi connectivity index (χ1) is 13.0. The maximum Gasteiger partial charge on any atom is 0.225 e. The number of nitrogens with two attached hydrogens (primary N) is 1. The van der Waals surface area contributed by atoms with E-state index in [1.54, 1.807) is 0 Å². The fourth-order valence-corrected chi connectivity index (χ4v) is 3.67. The minimum absolute atomic E-state index is 0.105. The summed E-state index contributed by atoms with van der Waals surface area (Å²) in [5.74, 6) is 1.21. The Morgan fingerprint density at radius 2 is 2.11 bits per heavy atom. The third-order valence-corrected chi connectivity index (χ3v) is 5.20. The Balaban J connectivity index is 1.74. The molecule has 2 atom stereocenters. The molecule has 1 aliphatic heterocycles. The lowest BCUT2D eigenvalue weighted by atomic mass is 9.96. The zero-order valence-electron chi connectivity index (χ0n) is 16.4. The molecule has 1 aromatic heterocycles. The molecule has 1 aliphatic rings. The summed E-state index contributed by atoms with van der Waals surface area (Å²) < 4.78 is 5.61. The van der Waals surface area contributed by atoms with Crippen LogP contribution in [0.4, 0.5) is 0 Å². The van der Waals surface area contributed by atoms with Crippen LogP contribution in [0.25, 0.3) is 11.1 Å². The van der Waals surface area contributed by atoms with Gasteiger partial charge in [-0.25, -0.2) is 0 Å². The zero-order valence-corrected chi connectivity index (χ0v) is 16.4. The number of amides is 1. The third-order valence-electron chi connectivity index (χ3n) is 5.20. The molecule has 0 spiro atoms. The van der Waals surface area contributed by atoms with Crippen LogP contribution in [-0.2, 0) is 4.79 Å². The van der Waals surface area contributed by atoms with E-state index in [1.807, 2.05) is 44.0 Å². The molecule has 3 rings (SSSR count). The molecule has 2 aromatic rings. The number of carbonyl (C=O) groups excluding carboxylic acids is 1. The summed E-state index contributed by atoms with van der Waals surface area (Å²) in [6, 6.07) is 12.0. The second-order valence-electron chi connectivity index (χ2n) is 7.31. The van der Waals surface area contributed by atoms with Crippen molar-refractivity contribution in [3.8, 4) is 16.9 Å². The maximum absolute atomic E-state index is 12.1. The Bertz CT molecular complexity index is 806. The smallest absolute Gasteiger partial charge is 0.225 e. The van der Waals surface area contributed by atoms with Crippen molar-refractivity contribution in [3.63, 3.8) is 0 Å². The molecule has 144 valence electrons. The average Bonchev–Trinajstić information content (AvgIpc) is 2.98. The number of aryl methyl sites for hydroxylation is 1. The van der Waals surface area contributed by atoms with E-state index in [2.05, 4.69) is 23.2 Å². The normalized spacial score (nSPS) is 18.0. The van der Waals surface area contributed by atoms with Gasteiger partial charge in [0.25, 0.3) is 0 Å². The summed E-state index contributed by atoms with van der Waals surface area (Å²) >= 11 is 0. The number of aromatic nitrogens is 1. The lowest BCUT2D eigenvalue weighted by Gasteiger charge is -2.16. The molecule has 5 heteroatoms. The molecule has 27 heavy (non-hydrogen) atoms. The second-order valence-corrected chi connectivity index (χ2v) is 7.31. The maximum atomic E-state index is 12.1. The van der Waals surface area contributed by atoms with Gasteiger partial charge in [0.15, 0.2) is 0 Å². The van der Waals surface area contributed by atoms with E-state index in [0.717, 1.165) is 54.1 Å². The van der Waals surface area contributed by atoms with Gasteiger partial charge in [-0.1, -0.05) is 12.1 Å². The Hall–Kier alpha value is -2.40. The van der Waals surface area contributed by atoms with Crippen LogP contribution in [0.3, 0.4) is 0 Å². The number of benzene rings is 1. The lowest BCUT2D eigenvalue weighted by Crippen LogP contribution is -2.23. The van der Waals surface area contributed by atoms with E-state index >= 15 is 0 Å². The summed E-state index contributed by atoms with van der Waals surface area (Å²) in [4.78, 5) is 18.5. The van der Waals surface area contributed by atoms with Gasteiger partial charge in [-0.05, 0) is 68.5 Å². The summed E-state index contributed by atoms with van der Waals surface area (Å²) in [7, 11) is 1.87. The molecule has 1 fully saturated rings. The monoisotopic (exact) mass is 367 g/mol. The van der Waals surface area contributed by atoms with Crippen LogP contribution in [-0.4, -0.2) is 36.0 Å². The van der Waals surface area contributed by atoms with E-state index in [9.17, 15) is 4.79 Å². The van der Waals surface area contributed by atoms with Crippen molar-refractivity contribution in [1.29, 1.82) is 0 Å². The molecule has 2 heterocycles. The fourth-order valence-electron chi connectivity index (χ4n) is 3.67. The molecule has 0 aliphatic carbocycles. The third kappa shape index (κ3) is 4.66. The molecule has 1 aromatic carbocycles. The van der Waals surface area contributed by atoms with E-state index in [0.29, 0.717) is 6.61 Å². The predicted octanol–water partition coefficient (Wildman–Crippen LogP) is 3.71. The zero-order chi connectivity index (χ0) is 19.4. The Kier molecular flexibility index (Phi) is 6.11. The van der Waals surface area contributed by atoms with Crippen molar-refractivity contribution in [1.82, 2.24) is 9.88 Å². The van der Waals surface area contributed by atoms with Gasteiger partial charge in [0, 0.05) is 31.2 Å². The first-order valence-electron chi connectivity index (χ1n) is 9.70. The first-order valence-corrected chi connectivity index (χ1v) is 9.70. The van der Waals surface area contributed by atoms with E-state index in [1.165, 1.54) is 0 Å². The number of pyridine rings is 1. The van der Waals surface area contributed by atoms with Gasteiger partial charge in [0.05, 0.1) is 12.3 Å². The number of ether oxygens (including phenoxy) is 1. The molecule has 0 saturated carbocycles. The fraction of sp³-hybridized carbons (Fsp3) is 0.455. The van der Waals surface area contributed by atoms with Gasteiger partial charge < -0.3 is 15.4 Å². The number of carbonyl (C=O) groups is 1. The summed E-state index contributed by atoms with van der Waals surface area (Å²) in [6.45, 7) is 5.46. The van der Waals surface area contributed by atoms with Crippen LogP contribution in [0.2, 0.25) is 0 Å². The molecular weight excluding hydrogens is 338 g/mol. The van der Waals surface area contributed by atoms with E-state index in [4.69, 9.17) is 10.5 Å². The molecular formula is C22H29N3O2. The van der Waals surface area contributed by atoms with Gasteiger partial charge in [-0.3, -0.25) is 9.78 Å². The van der Waals surface area contributed by atoms with Crippen molar-refractivity contribution < 1.29 is 9.53 Å². The lowest BCUT2D eigenvalue weighted by molar-refractivity contribution is -0.130. The second kappa shape index (κ2) is 8.53. The summed E-state index contributed by atoms with van der Waals surface area (Å²) in [5.41, 5.74) is 10.4. The minimum Gasteiger partial charge on any atom is -0.494 e. The molecule has 1 amide bonds. The summed E-state index contributed by atoms with van der Waals surface area (Å²) in [6.07, 6.45) is 2.51. The van der Waals surface area contributed by atoms with Gasteiger partial charge in [0.1, 0.15) is 5.75 Å². The van der Waals surface area contributed by atoms with Crippen LogP contribution < -0.4 is 10.5 Å². The minimum atomic E-state index is -0.169. The Morgan fingerprint density at radius 3 is 2.81 bits per heavy atom. The van der Waals surface area contributed by atoms with Crippen LogP contribution in [0.1, 0.15) is 43.6 Å². The molecule has 0 bridgehead atoms. The molecule has 2 unspecified atom stereocenters. The quantitative estimate of drug-likeness (QED) is 0.810. The highest BCUT2D eigenvalue weighted by Gasteiger charge is 2.29. The number of hydrogen-bond acceptors (Lipinski definition) is 4. The topological polar surface area (TPSA) is 68.5 Å². The van der Waals surface area contributed by atoms with Crippen molar-refractivity contribution in [2.45, 2.75) is 39.2 Å². The van der Waals surface area contributed by atoms with Crippen LogP contribution in [0, 0.1) is 12.8 Å². The highest BCUT2D eigenvalue weighted by atomic mass is 16.5. The van der Waals surface area contributed by atoms with Crippen molar-refractivity contribution >= 4 is 5.91 Å². The van der Waals surface area contributed by atoms with Gasteiger partial charge in [0.2, 0.25) is 5.91 Å². The van der Waals surface area contributed by atoms with Gasteiger partial charge in [-0.15, -0.1) is 0 Å². The highest BCUT2D eigenvalue weighted by Crippen LogP contribution is 2.29. The number of nitrogens with zero attached hydrogens (tertiary/aromatic N) is 2. The molecule has 5 nitrogen and oxygen atoms in total. The number of rotatable bonds is 7. The van der Waals surface area contributed by atoms with Crippen LogP contribution in [0.5, 0.6) is 5.75 Å². The number of likely N-dealkylation sites (tertiary alicyclic amines) is 1. The van der Waals surface area contributed by atoms with Gasteiger partial charge >= 0.3 is 0 Å². The van der Waals surface area contributed by atoms with Crippen molar-refractivity contribution in [2.75, 3.05) is 20.2 Å². The van der Waals surface area contributed by atoms with Crippen LogP contribution >= 0.6 is 0 Å². The summed E-state index contributed by atoms with van der Waals surface area (Å²) in [5, 5.41) is 0. The predicted molar refractivity (Wildman–Crippen MR) is 107 cm³/mol. The standard InChI is InChI=1S/C22H29N3O2/c1-4-27-19-7-5-6-17(13-19)18-12-15(2)24-21(14-18)20(23)9-8-16-10-11-25(3)22(16)26/h5-7,12-14,16,20H,4,8-11,23H2,1-3H3. The largest absolute Gasteiger partial charge is 0.494 e. The average molecular weight is 367 g/mol. The Morgan fingerprint density at radius 1 is 1.30 bits per heavy atom. The van der Waals surface area contributed by atoms with E-state index < -0.39 is 0 Å². The molecule has 0 radical (unpaired) electrons. The van der Waals surface area contributed by atoms with Gasteiger partial charge in [-0.2, -0.15) is 0 Å². The first kappa shape index (κ1) is 19.4. The van der Waals surface area contributed by atoms with E-state index in [-0.39, 0.29) is 17.9 Å². The highest BCUT2D eigenvalue weighted by molar-refractivity contribution is 5.80. The molecule has 1 saturated heterocycles. The Labute approximate surface area is 161 Å². The SMILES string of the molecule is CCOc1cccc(-c2cc(C)nc(C(N)CCC3CCN(C)C3=O)c2)c1. The van der Waals surface area contributed by atoms with Crippen molar-refractivity contribution in [3.05, 3.63) is 47.8 Å². The van der Waals surface area contributed by atoms with Crippen molar-refractivity contribution in [2.24, 2.45) is 11.7 Å². The number of hydrogen-bond donors (Lipinski definition) is 1. The molecule has 2 N–H and O–H groups in total.